The number of ether oxygens (including phenoxy) is 1. The zero-order valence-corrected chi connectivity index (χ0v) is 17.2. The molecule has 0 saturated heterocycles. The fourth-order valence-electron chi connectivity index (χ4n) is 2.88. The molecule has 0 aliphatic rings. The van der Waals surface area contributed by atoms with Gasteiger partial charge in [-0.2, -0.15) is 5.26 Å². The first-order chi connectivity index (χ1) is 13.2. The number of nitriles is 1. The number of nitrogens with zero attached hydrogens (tertiary/aromatic N) is 2. The van der Waals surface area contributed by atoms with Crippen LogP contribution in [0.5, 0.6) is 0 Å². The van der Waals surface area contributed by atoms with Gasteiger partial charge in [0.25, 0.3) is 5.91 Å². The second-order valence-corrected chi connectivity index (χ2v) is 7.02. The lowest BCUT2D eigenvalue weighted by molar-refractivity contribution is -0.117. The highest BCUT2D eigenvalue weighted by molar-refractivity contribution is 6.32. The number of benzene rings is 1. The molecule has 2 aromatic rings. The Labute approximate surface area is 169 Å². The minimum Gasteiger partial charge on any atom is -0.465 e. The van der Waals surface area contributed by atoms with E-state index in [2.05, 4.69) is 5.32 Å². The Morgan fingerprint density at radius 3 is 2.54 bits per heavy atom. The normalized spacial score (nSPS) is 11.3. The summed E-state index contributed by atoms with van der Waals surface area (Å²) in [6, 6.07) is 8.61. The Bertz CT molecular complexity index is 997. The summed E-state index contributed by atoms with van der Waals surface area (Å²) in [4.78, 5) is 24.1. The molecule has 0 saturated carbocycles. The second kappa shape index (κ2) is 8.77. The smallest absolute Gasteiger partial charge is 0.337 e. The van der Waals surface area contributed by atoms with Gasteiger partial charge in [-0.3, -0.25) is 4.79 Å². The van der Waals surface area contributed by atoms with E-state index in [0.29, 0.717) is 21.8 Å². The van der Waals surface area contributed by atoms with Gasteiger partial charge in [0, 0.05) is 17.4 Å². The van der Waals surface area contributed by atoms with Crippen LogP contribution in [0.15, 0.2) is 29.8 Å². The lowest BCUT2D eigenvalue weighted by Crippen LogP contribution is -2.30. The zero-order chi connectivity index (χ0) is 21.0. The summed E-state index contributed by atoms with van der Waals surface area (Å²) in [6.45, 7) is 7.39. The summed E-state index contributed by atoms with van der Waals surface area (Å²) in [5, 5.41) is 12.5. The molecular formula is C21H22ClN3O3. The highest BCUT2D eigenvalue weighted by Crippen LogP contribution is 2.28. The van der Waals surface area contributed by atoms with Crippen LogP contribution in [0.2, 0.25) is 5.02 Å². The van der Waals surface area contributed by atoms with Crippen LogP contribution < -0.4 is 5.32 Å². The minimum absolute atomic E-state index is 0.0170. The molecule has 7 heteroatoms. The SMILES string of the molecule is COC(=O)c1ccc(Cl)c(-n2c(C)cc(/C=C(/C#N)C(=O)NC(C)C)c2C)c1. The topological polar surface area (TPSA) is 84.1 Å². The van der Waals surface area contributed by atoms with Crippen LogP contribution in [0, 0.1) is 25.2 Å². The van der Waals surface area contributed by atoms with Gasteiger partial charge in [0.05, 0.1) is 23.4 Å². The van der Waals surface area contributed by atoms with Crippen molar-refractivity contribution < 1.29 is 14.3 Å². The van der Waals surface area contributed by atoms with Gasteiger partial charge in [0.15, 0.2) is 0 Å². The van der Waals surface area contributed by atoms with Crippen LogP contribution in [-0.4, -0.2) is 29.6 Å². The van der Waals surface area contributed by atoms with Gasteiger partial charge in [-0.1, -0.05) is 11.6 Å². The van der Waals surface area contributed by atoms with Gasteiger partial charge < -0.3 is 14.6 Å². The number of aromatic nitrogens is 1. The molecule has 1 amide bonds. The summed E-state index contributed by atoms with van der Waals surface area (Å²) >= 11 is 6.37. The first kappa shape index (κ1) is 21.3. The molecule has 1 N–H and O–H groups in total. The van der Waals surface area contributed by atoms with E-state index in [4.69, 9.17) is 16.3 Å². The number of aryl methyl sites for hydroxylation is 1. The van der Waals surface area contributed by atoms with Gasteiger partial charge in [-0.15, -0.1) is 0 Å². The Kier molecular flexibility index (Phi) is 6.66. The van der Waals surface area contributed by atoms with E-state index in [0.717, 1.165) is 11.4 Å². The number of esters is 1. The van der Waals surface area contributed by atoms with E-state index in [9.17, 15) is 14.9 Å². The van der Waals surface area contributed by atoms with E-state index < -0.39 is 11.9 Å². The monoisotopic (exact) mass is 399 g/mol. The number of hydrogen-bond acceptors (Lipinski definition) is 4. The van der Waals surface area contributed by atoms with Crippen molar-refractivity contribution in [3.8, 4) is 11.8 Å². The van der Waals surface area contributed by atoms with Crippen molar-refractivity contribution >= 4 is 29.6 Å². The minimum atomic E-state index is -0.461. The number of hydrogen-bond donors (Lipinski definition) is 1. The van der Waals surface area contributed by atoms with Crippen molar-refractivity contribution in [1.82, 2.24) is 9.88 Å². The number of amides is 1. The van der Waals surface area contributed by atoms with Gasteiger partial charge in [-0.25, -0.2) is 4.79 Å². The molecule has 146 valence electrons. The predicted octanol–water partition coefficient (Wildman–Crippen LogP) is 3.97. The second-order valence-electron chi connectivity index (χ2n) is 6.62. The Hall–Kier alpha value is -3.04. The standard InChI is InChI=1S/C21H22ClN3O3/c1-12(2)24-20(26)17(11-23)9-16-8-13(3)25(14(16)4)19-10-15(21(27)28-5)6-7-18(19)22/h6-10,12H,1-5H3,(H,24,26)/b17-9-. The molecule has 0 aliphatic carbocycles. The van der Waals surface area contributed by atoms with Crippen molar-refractivity contribution in [1.29, 1.82) is 5.26 Å². The number of methoxy groups -OCH3 is 1. The highest BCUT2D eigenvalue weighted by Gasteiger charge is 2.17. The van der Waals surface area contributed by atoms with Crippen molar-refractivity contribution in [2.75, 3.05) is 7.11 Å². The van der Waals surface area contributed by atoms with E-state index in [1.54, 1.807) is 24.3 Å². The molecule has 0 radical (unpaired) electrons. The average Bonchev–Trinajstić information content (AvgIpc) is 2.92. The number of halogens is 1. The quantitative estimate of drug-likeness (QED) is 0.468. The predicted molar refractivity (Wildman–Crippen MR) is 108 cm³/mol. The Morgan fingerprint density at radius 1 is 1.29 bits per heavy atom. The number of carbonyl (C=O) groups excluding carboxylic acids is 2. The summed E-state index contributed by atoms with van der Waals surface area (Å²) in [5.74, 6) is -0.884. The van der Waals surface area contributed by atoms with Crippen molar-refractivity contribution in [2.45, 2.75) is 33.7 Å². The summed E-state index contributed by atoms with van der Waals surface area (Å²) in [6.07, 6.45) is 1.55. The van der Waals surface area contributed by atoms with Gasteiger partial charge >= 0.3 is 5.97 Å². The largest absolute Gasteiger partial charge is 0.465 e. The maximum absolute atomic E-state index is 12.2. The van der Waals surface area contributed by atoms with Crippen molar-refractivity contribution in [2.24, 2.45) is 0 Å². The van der Waals surface area contributed by atoms with Crippen LogP contribution in [0.4, 0.5) is 0 Å². The first-order valence-electron chi connectivity index (χ1n) is 8.69. The molecule has 2 rings (SSSR count). The average molecular weight is 400 g/mol. The lowest BCUT2D eigenvalue weighted by atomic mass is 10.1. The lowest BCUT2D eigenvalue weighted by Gasteiger charge is -2.13. The van der Waals surface area contributed by atoms with Gasteiger partial charge in [0.1, 0.15) is 11.6 Å². The van der Waals surface area contributed by atoms with Crippen LogP contribution in [0.25, 0.3) is 11.8 Å². The molecule has 1 aromatic carbocycles. The highest BCUT2D eigenvalue weighted by atomic mass is 35.5. The van der Waals surface area contributed by atoms with E-state index in [1.165, 1.54) is 7.11 Å². The number of rotatable bonds is 5. The van der Waals surface area contributed by atoms with Crippen LogP contribution in [-0.2, 0) is 9.53 Å². The number of nitrogens with one attached hydrogen (secondary N) is 1. The molecule has 1 heterocycles. The van der Waals surface area contributed by atoms with E-state index in [-0.39, 0.29) is 11.6 Å². The Balaban J connectivity index is 2.56. The molecule has 0 aliphatic heterocycles. The fraction of sp³-hybridized carbons (Fsp3) is 0.286. The van der Waals surface area contributed by atoms with Gasteiger partial charge in [-0.05, 0) is 63.6 Å². The summed E-state index contributed by atoms with van der Waals surface area (Å²) in [5.41, 5.74) is 3.35. The maximum atomic E-state index is 12.2. The maximum Gasteiger partial charge on any atom is 0.337 e. The molecule has 28 heavy (non-hydrogen) atoms. The zero-order valence-electron chi connectivity index (χ0n) is 16.5. The first-order valence-corrected chi connectivity index (χ1v) is 9.07. The van der Waals surface area contributed by atoms with Crippen LogP contribution in [0.3, 0.4) is 0 Å². The van der Waals surface area contributed by atoms with E-state index >= 15 is 0 Å². The third kappa shape index (κ3) is 4.44. The molecule has 6 nitrogen and oxygen atoms in total. The molecule has 0 fully saturated rings. The van der Waals surface area contributed by atoms with E-state index in [1.807, 2.05) is 44.4 Å². The third-order valence-corrected chi connectivity index (χ3v) is 4.48. The molecular weight excluding hydrogens is 378 g/mol. The summed E-state index contributed by atoms with van der Waals surface area (Å²) in [7, 11) is 1.32. The molecule has 1 aromatic heterocycles. The fourth-order valence-corrected chi connectivity index (χ4v) is 3.08. The van der Waals surface area contributed by atoms with Gasteiger partial charge in [0.2, 0.25) is 0 Å². The van der Waals surface area contributed by atoms with Crippen molar-refractivity contribution in [3.05, 3.63) is 57.4 Å². The number of carbonyl (C=O) groups is 2. The molecule has 0 bridgehead atoms. The van der Waals surface area contributed by atoms with Crippen LogP contribution in [0.1, 0.15) is 41.2 Å². The third-order valence-electron chi connectivity index (χ3n) is 4.16. The Morgan fingerprint density at radius 2 is 1.96 bits per heavy atom. The van der Waals surface area contributed by atoms with Crippen LogP contribution >= 0.6 is 11.6 Å². The molecule has 0 unspecified atom stereocenters. The molecule has 0 spiro atoms. The molecule has 0 atom stereocenters. The summed E-state index contributed by atoms with van der Waals surface area (Å²) < 4.78 is 6.65. The van der Waals surface area contributed by atoms with Crippen molar-refractivity contribution in [3.63, 3.8) is 0 Å².